The number of H-pyrrole nitrogens is 1. The second-order valence-corrected chi connectivity index (χ2v) is 3.64. The summed E-state index contributed by atoms with van der Waals surface area (Å²) in [4.78, 5) is 18.4. The van der Waals surface area contributed by atoms with Crippen LogP contribution >= 0.6 is 0 Å². The molecular formula is C12H13N3O2. The monoisotopic (exact) mass is 231 g/mol. The summed E-state index contributed by atoms with van der Waals surface area (Å²) in [6, 6.07) is 8.56. The van der Waals surface area contributed by atoms with Crippen LogP contribution in [0.5, 0.6) is 0 Å². The van der Waals surface area contributed by atoms with Crippen LogP contribution in [0, 0.1) is 0 Å². The summed E-state index contributed by atoms with van der Waals surface area (Å²) in [6.07, 6.45) is 0. The van der Waals surface area contributed by atoms with Crippen molar-refractivity contribution in [2.45, 2.75) is 6.61 Å². The van der Waals surface area contributed by atoms with E-state index in [9.17, 15) is 4.79 Å². The van der Waals surface area contributed by atoms with Gasteiger partial charge >= 0.3 is 0 Å². The molecule has 3 N–H and O–H groups in total. The van der Waals surface area contributed by atoms with Gasteiger partial charge in [-0.1, -0.05) is 0 Å². The van der Waals surface area contributed by atoms with Crippen LogP contribution in [0.3, 0.4) is 0 Å². The van der Waals surface area contributed by atoms with Gasteiger partial charge < -0.3 is 15.5 Å². The van der Waals surface area contributed by atoms with Crippen LogP contribution in [-0.2, 0) is 11.3 Å². The first-order valence-electron chi connectivity index (χ1n) is 5.14. The molecule has 1 heterocycles. The standard InChI is InChI=1S/C12H13N3O2/c1-17-7-10-6-11(16)15-12(14-10)8-2-4-9(13)5-3-8/h2-6H,7,13H2,1H3,(H,14,15,16). The SMILES string of the molecule is COCc1cc(=O)[nH]c(-c2ccc(N)cc2)n1. The van der Waals surface area contributed by atoms with Crippen LogP contribution in [0.25, 0.3) is 11.4 Å². The number of ether oxygens (including phenoxy) is 1. The highest BCUT2D eigenvalue weighted by molar-refractivity contribution is 5.58. The second-order valence-electron chi connectivity index (χ2n) is 3.64. The van der Waals surface area contributed by atoms with Crippen molar-refractivity contribution in [2.75, 3.05) is 12.8 Å². The molecule has 0 spiro atoms. The van der Waals surface area contributed by atoms with Crippen molar-refractivity contribution in [1.82, 2.24) is 9.97 Å². The van der Waals surface area contributed by atoms with Crippen LogP contribution in [-0.4, -0.2) is 17.1 Å². The summed E-state index contributed by atoms with van der Waals surface area (Å²) in [7, 11) is 1.56. The van der Waals surface area contributed by atoms with Crippen molar-refractivity contribution in [1.29, 1.82) is 0 Å². The molecule has 5 nitrogen and oxygen atoms in total. The van der Waals surface area contributed by atoms with Crippen molar-refractivity contribution < 1.29 is 4.74 Å². The molecule has 2 aromatic rings. The Morgan fingerprint density at radius 3 is 2.71 bits per heavy atom. The Labute approximate surface area is 98.3 Å². The first-order valence-corrected chi connectivity index (χ1v) is 5.14. The zero-order valence-electron chi connectivity index (χ0n) is 9.43. The lowest BCUT2D eigenvalue weighted by molar-refractivity contribution is 0.181. The zero-order valence-corrected chi connectivity index (χ0v) is 9.43. The fourth-order valence-corrected chi connectivity index (χ4v) is 1.51. The number of aromatic amines is 1. The molecule has 0 bridgehead atoms. The maximum Gasteiger partial charge on any atom is 0.251 e. The van der Waals surface area contributed by atoms with Crippen molar-refractivity contribution in [3.8, 4) is 11.4 Å². The molecule has 1 aromatic heterocycles. The molecule has 1 aromatic carbocycles. The molecule has 0 aliphatic rings. The molecule has 0 radical (unpaired) electrons. The van der Waals surface area contributed by atoms with Gasteiger partial charge in [-0.3, -0.25) is 4.79 Å². The summed E-state index contributed by atoms with van der Waals surface area (Å²) < 4.78 is 4.96. The third-order valence-electron chi connectivity index (χ3n) is 2.27. The van der Waals surface area contributed by atoms with E-state index in [1.165, 1.54) is 6.07 Å². The van der Waals surface area contributed by atoms with E-state index < -0.39 is 0 Å². The normalized spacial score (nSPS) is 10.4. The highest BCUT2D eigenvalue weighted by Crippen LogP contribution is 2.15. The third kappa shape index (κ3) is 2.70. The quantitative estimate of drug-likeness (QED) is 0.777. The minimum absolute atomic E-state index is 0.195. The van der Waals surface area contributed by atoms with Gasteiger partial charge in [0.1, 0.15) is 5.82 Å². The van der Waals surface area contributed by atoms with Gasteiger partial charge in [0.15, 0.2) is 0 Å². The highest BCUT2D eigenvalue weighted by atomic mass is 16.5. The lowest BCUT2D eigenvalue weighted by atomic mass is 10.2. The minimum atomic E-state index is -0.195. The van der Waals surface area contributed by atoms with Gasteiger partial charge in [-0.2, -0.15) is 0 Å². The minimum Gasteiger partial charge on any atom is -0.399 e. The van der Waals surface area contributed by atoms with Gasteiger partial charge in [-0.25, -0.2) is 4.98 Å². The highest BCUT2D eigenvalue weighted by Gasteiger charge is 2.03. The molecule has 5 heteroatoms. The fourth-order valence-electron chi connectivity index (χ4n) is 1.51. The molecule has 0 unspecified atom stereocenters. The summed E-state index contributed by atoms with van der Waals surface area (Å²) in [6.45, 7) is 0.311. The van der Waals surface area contributed by atoms with Crippen LogP contribution in [0.1, 0.15) is 5.69 Å². The molecule has 0 atom stereocenters. The Hall–Kier alpha value is -2.14. The molecule has 0 aliphatic heterocycles. The number of hydrogen-bond donors (Lipinski definition) is 2. The number of nitrogen functional groups attached to an aromatic ring is 1. The van der Waals surface area contributed by atoms with E-state index in [-0.39, 0.29) is 5.56 Å². The van der Waals surface area contributed by atoms with E-state index in [1.54, 1.807) is 19.2 Å². The molecule has 0 aliphatic carbocycles. The summed E-state index contributed by atoms with van der Waals surface area (Å²) in [5, 5.41) is 0. The predicted octanol–water partition coefficient (Wildman–Crippen LogP) is 1.17. The van der Waals surface area contributed by atoms with Gasteiger partial charge in [-0.15, -0.1) is 0 Å². The first kappa shape index (κ1) is 11.3. The maximum atomic E-state index is 11.5. The first-order chi connectivity index (χ1) is 8.19. The summed E-state index contributed by atoms with van der Waals surface area (Å²) >= 11 is 0. The Balaban J connectivity index is 2.44. The molecule has 0 amide bonds. The van der Waals surface area contributed by atoms with E-state index in [1.807, 2.05) is 12.1 Å². The Morgan fingerprint density at radius 2 is 2.06 bits per heavy atom. The van der Waals surface area contributed by atoms with Gasteiger partial charge in [0.2, 0.25) is 0 Å². The number of aromatic nitrogens is 2. The van der Waals surface area contributed by atoms with Crippen LogP contribution in [0.4, 0.5) is 5.69 Å². The zero-order chi connectivity index (χ0) is 12.3. The molecule has 17 heavy (non-hydrogen) atoms. The van der Waals surface area contributed by atoms with Gasteiger partial charge in [0, 0.05) is 24.4 Å². The Bertz CT molecular complexity index is 561. The molecule has 0 saturated heterocycles. The third-order valence-corrected chi connectivity index (χ3v) is 2.27. The fraction of sp³-hybridized carbons (Fsp3) is 0.167. The summed E-state index contributed by atoms with van der Waals surface area (Å²) in [5.41, 5.74) is 7.49. The average molecular weight is 231 g/mol. The van der Waals surface area contributed by atoms with Crippen molar-refractivity contribution >= 4 is 5.69 Å². The smallest absolute Gasteiger partial charge is 0.251 e. The topological polar surface area (TPSA) is 81.0 Å². The second kappa shape index (κ2) is 4.80. The van der Waals surface area contributed by atoms with E-state index in [2.05, 4.69) is 9.97 Å². The molecule has 2 rings (SSSR count). The molecular weight excluding hydrogens is 218 g/mol. The number of benzene rings is 1. The lowest BCUT2D eigenvalue weighted by Gasteiger charge is -2.04. The Kier molecular flexibility index (Phi) is 3.20. The van der Waals surface area contributed by atoms with Gasteiger partial charge in [0.25, 0.3) is 5.56 Å². The number of methoxy groups -OCH3 is 1. The predicted molar refractivity (Wildman–Crippen MR) is 65.4 cm³/mol. The van der Waals surface area contributed by atoms with Crippen molar-refractivity contribution in [3.05, 3.63) is 46.4 Å². The lowest BCUT2D eigenvalue weighted by Crippen LogP contribution is -2.10. The van der Waals surface area contributed by atoms with Gasteiger partial charge in [-0.05, 0) is 24.3 Å². The van der Waals surface area contributed by atoms with E-state index in [0.717, 1.165) is 5.56 Å². The largest absolute Gasteiger partial charge is 0.399 e. The van der Waals surface area contributed by atoms with Crippen LogP contribution < -0.4 is 11.3 Å². The van der Waals surface area contributed by atoms with E-state index in [0.29, 0.717) is 23.8 Å². The summed E-state index contributed by atoms with van der Waals surface area (Å²) in [5.74, 6) is 0.518. The maximum absolute atomic E-state index is 11.5. The number of hydrogen-bond acceptors (Lipinski definition) is 4. The Morgan fingerprint density at radius 1 is 1.35 bits per heavy atom. The van der Waals surface area contributed by atoms with E-state index in [4.69, 9.17) is 10.5 Å². The molecule has 88 valence electrons. The van der Waals surface area contributed by atoms with Crippen molar-refractivity contribution in [2.24, 2.45) is 0 Å². The van der Waals surface area contributed by atoms with Crippen molar-refractivity contribution in [3.63, 3.8) is 0 Å². The van der Waals surface area contributed by atoms with Gasteiger partial charge in [0.05, 0.1) is 12.3 Å². The van der Waals surface area contributed by atoms with E-state index >= 15 is 0 Å². The number of nitrogens with two attached hydrogens (primary N) is 1. The van der Waals surface area contributed by atoms with Crippen LogP contribution in [0.15, 0.2) is 35.1 Å². The molecule has 0 fully saturated rings. The van der Waals surface area contributed by atoms with Crippen LogP contribution in [0.2, 0.25) is 0 Å². The number of nitrogens with zero attached hydrogens (tertiary/aromatic N) is 1. The molecule has 0 saturated carbocycles. The number of nitrogens with one attached hydrogen (secondary N) is 1. The average Bonchev–Trinajstić information content (AvgIpc) is 2.29. The number of anilines is 1. The number of rotatable bonds is 3.